The Kier molecular flexibility index (Phi) is 10.2. The molecule has 0 aromatic heterocycles. The molecule has 1 aromatic carbocycles. The van der Waals surface area contributed by atoms with Gasteiger partial charge in [0.15, 0.2) is 0 Å². The maximum absolute atomic E-state index is 12.6. The number of benzene rings is 1. The van der Waals surface area contributed by atoms with Gasteiger partial charge >= 0.3 is 5.97 Å². The fraction of sp³-hybridized carbons (Fsp3) is 0.357. The van der Waals surface area contributed by atoms with Crippen LogP contribution >= 0.6 is 0 Å². The van der Waals surface area contributed by atoms with E-state index in [-0.39, 0.29) is 11.8 Å². The molecule has 182 valence electrons. The van der Waals surface area contributed by atoms with Crippen LogP contribution in [0.3, 0.4) is 0 Å². The summed E-state index contributed by atoms with van der Waals surface area (Å²) in [6.45, 7) is 8.96. The number of allylic oxidation sites excluding steroid dienone is 6. The van der Waals surface area contributed by atoms with Gasteiger partial charge in [0.25, 0.3) is 0 Å². The molecule has 0 aliphatic carbocycles. The Hall–Kier alpha value is -3.22. The number of esters is 1. The summed E-state index contributed by atoms with van der Waals surface area (Å²) in [6, 6.07) is 8.13. The quantitative estimate of drug-likeness (QED) is 0.459. The van der Waals surface area contributed by atoms with Crippen molar-refractivity contribution in [3.05, 3.63) is 83.0 Å². The number of carbonyl (C=O) groups excluding carboxylic acids is 2. The normalized spacial score (nSPS) is 27.9. The fourth-order valence-corrected chi connectivity index (χ4v) is 3.76. The van der Waals surface area contributed by atoms with Gasteiger partial charge in [-0.1, -0.05) is 91.8 Å². The van der Waals surface area contributed by atoms with E-state index in [1.165, 1.54) is 13.0 Å². The number of hydrogen-bond acceptors (Lipinski definition) is 5. The van der Waals surface area contributed by atoms with E-state index in [0.29, 0.717) is 0 Å². The van der Waals surface area contributed by atoms with Crippen LogP contribution in [0.15, 0.2) is 71.9 Å². The Morgan fingerprint density at radius 3 is 2.44 bits per heavy atom. The summed E-state index contributed by atoms with van der Waals surface area (Å²) >= 11 is 0. The Morgan fingerprint density at radius 2 is 1.76 bits per heavy atom. The molecule has 1 aliphatic heterocycles. The number of hydrogen-bond donors (Lipinski definition) is 3. The Labute approximate surface area is 202 Å². The number of aliphatic hydroxyl groups is 1. The highest BCUT2D eigenvalue weighted by Crippen LogP contribution is 2.24. The van der Waals surface area contributed by atoms with Gasteiger partial charge in [0.05, 0.1) is 6.10 Å². The van der Waals surface area contributed by atoms with Gasteiger partial charge in [0.2, 0.25) is 5.91 Å². The van der Waals surface area contributed by atoms with E-state index in [4.69, 9.17) is 10.5 Å². The molecule has 0 spiro atoms. The van der Waals surface area contributed by atoms with E-state index in [1.54, 1.807) is 13.0 Å². The molecule has 0 unspecified atom stereocenters. The lowest BCUT2D eigenvalue weighted by molar-refractivity contribution is -0.151. The van der Waals surface area contributed by atoms with Crippen LogP contribution in [-0.4, -0.2) is 35.4 Å². The second kappa shape index (κ2) is 12.9. The van der Waals surface area contributed by atoms with Crippen molar-refractivity contribution in [3.63, 3.8) is 0 Å². The van der Waals surface area contributed by atoms with Gasteiger partial charge in [-0.3, -0.25) is 4.79 Å². The van der Waals surface area contributed by atoms with Crippen LogP contribution in [0.2, 0.25) is 0 Å². The molecule has 0 saturated carbocycles. The summed E-state index contributed by atoms with van der Waals surface area (Å²) < 4.78 is 5.76. The number of cyclic esters (lactones) is 1. The zero-order valence-corrected chi connectivity index (χ0v) is 20.6. The van der Waals surface area contributed by atoms with Gasteiger partial charge in [-0.15, -0.1) is 0 Å². The third kappa shape index (κ3) is 8.28. The molecule has 0 bridgehead atoms. The zero-order chi connectivity index (χ0) is 25.3. The molecule has 0 radical (unpaired) electrons. The van der Waals surface area contributed by atoms with Crippen molar-refractivity contribution < 1.29 is 19.4 Å². The largest absolute Gasteiger partial charge is 0.458 e. The van der Waals surface area contributed by atoms with Crippen molar-refractivity contribution in [2.45, 2.75) is 53.0 Å². The molecule has 6 heteroatoms. The lowest BCUT2D eigenvalue weighted by Gasteiger charge is -2.33. The molecule has 1 aromatic rings. The number of rotatable bonds is 4. The molecule has 2 rings (SSSR count). The minimum absolute atomic E-state index is 0.227. The van der Waals surface area contributed by atoms with Gasteiger partial charge < -0.3 is 20.9 Å². The summed E-state index contributed by atoms with van der Waals surface area (Å²) in [5, 5.41) is 13.2. The highest BCUT2D eigenvalue weighted by atomic mass is 16.5. The maximum Gasteiger partial charge on any atom is 0.331 e. The average molecular weight is 465 g/mol. The van der Waals surface area contributed by atoms with E-state index in [2.05, 4.69) is 23.5 Å². The molecule has 6 nitrogen and oxygen atoms in total. The topological polar surface area (TPSA) is 102 Å². The van der Waals surface area contributed by atoms with Crippen molar-refractivity contribution in [2.75, 3.05) is 0 Å². The number of nitrogens with one attached hydrogen (secondary N) is 1. The summed E-state index contributed by atoms with van der Waals surface area (Å²) in [5.74, 6) is -1.63. The van der Waals surface area contributed by atoms with E-state index >= 15 is 0 Å². The van der Waals surface area contributed by atoms with E-state index < -0.39 is 30.3 Å². The van der Waals surface area contributed by atoms with Crippen LogP contribution in [0, 0.1) is 11.8 Å². The number of amides is 1. The van der Waals surface area contributed by atoms with Crippen molar-refractivity contribution in [2.24, 2.45) is 17.6 Å². The van der Waals surface area contributed by atoms with Crippen molar-refractivity contribution in [1.82, 2.24) is 5.32 Å². The van der Waals surface area contributed by atoms with Crippen molar-refractivity contribution in [3.8, 4) is 0 Å². The molecule has 5 atom stereocenters. The predicted octanol–water partition coefficient (Wildman–Crippen LogP) is 4.14. The van der Waals surface area contributed by atoms with Crippen LogP contribution < -0.4 is 11.1 Å². The number of carbonyl (C=O) groups is 2. The molecule has 1 heterocycles. The third-order valence-corrected chi connectivity index (χ3v) is 5.72. The van der Waals surface area contributed by atoms with Crippen molar-refractivity contribution in [1.29, 1.82) is 0 Å². The second-order valence-corrected chi connectivity index (χ2v) is 8.82. The summed E-state index contributed by atoms with van der Waals surface area (Å²) in [7, 11) is 0. The minimum Gasteiger partial charge on any atom is -0.458 e. The molecule has 1 amide bonds. The fourth-order valence-electron chi connectivity index (χ4n) is 3.76. The maximum atomic E-state index is 12.6. The Bertz CT molecular complexity index is 1020. The van der Waals surface area contributed by atoms with Crippen LogP contribution in [0.1, 0.15) is 45.7 Å². The van der Waals surface area contributed by atoms with Crippen molar-refractivity contribution >= 4 is 24.0 Å². The van der Waals surface area contributed by atoms with Gasteiger partial charge in [-0.05, 0) is 25.0 Å². The first-order chi connectivity index (χ1) is 16.1. The smallest absolute Gasteiger partial charge is 0.331 e. The third-order valence-electron chi connectivity index (χ3n) is 5.72. The number of aliphatic hydroxyl groups excluding tert-OH is 1. The highest BCUT2D eigenvalue weighted by Gasteiger charge is 2.34. The van der Waals surface area contributed by atoms with Crippen LogP contribution in [0.25, 0.3) is 12.2 Å². The predicted molar refractivity (Wildman–Crippen MR) is 137 cm³/mol. The average Bonchev–Trinajstić information content (AvgIpc) is 2.78. The lowest BCUT2D eigenvalue weighted by atomic mass is 9.87. The van der Waals surface area contributed by atoms with E-state index in [1.807, 2.05) is 63.3 Å². The molecule has 0 saturated heterocycles. The number of ether oxygens (including phenoxy) is 1. The summed E-state index contributed by atoms with van der Waals surface area (Å²) in [5.41, 5.74) is 10.1. The standard InChI is InChI=1S/C28H36N2O4/c1-18-9-8-12-25(32)34-27(21(4)26(33)28(29)30-22(5)31)20(3)15-13-19(2)17-24-11-7-6-10-23(24)16-14-18/h6-17,20-21,26-28,33H,29H2,1-5H3,(H,30,31)/b12-8+,15-13+,16-14+,18-9-,19-17+/t20-,21-,26+,27-,28+/m1/s1. The van der Waals surface area contributed by atoms with E-state index in [9.17, 15) is 14.7 Å². The van der Waals surface area contributed by atoms with Gasteiger partial charge in [0, 0.05) is 24.8 Å². The molecular weight excluding hydrogens is 428 g/mol. The Balaban J connectivity index is 2.44. The minimum atomic E-state index is -1.11. The molecule has 34 heavy (non-hydrogen) atoms. The van der Waals surface area contributed by atoms with Gasteiger partial charge in [-0.25, -0.2) is 4.79 Å². The first-order valence-electron chi connectivity index (χ1n) is 11.5. The molecule has 0 fully saturated rings. The molecular formula is C28H36N2O4. The monoisotopic (exact) mass is 464 g/mol. The van der Waals surface area contributed by atoms with E-state index in [0.717, 1.165) is 22.3 Å². The summed E-state index contributed by atoms with van der Waals surface area (Å²) in [4.78, 5) is 23.9. The number of fused-ring (bicyclic) bond motifs is 1. The SMILES string of the molecule is CC(=O)N[C@H](N)[C@@H](O)[C@@H](C)[C@@H]1OC(=O)/C=C/C=C(C)\C=C\c2ccccc2/C=C(C)/C=C/[C@H]1C. The van der Waals surface area contributed by atoms with Crippen LogP contribution in [-0.2, 0) is 14.3 Å². The molecule has 1 aliphatic rings. The van der Waals surface area contributed by atoms with Crippen LogP contribution in [0.4, 0.5) is 0 Å². The van der Waals surface area contributed by atoms with Gasteiger partial charge in [-0.2, -0.15) is 0 Å². The first-order valence-corrected chi connectivity index (χ1v) is 11.5. The van der Waals surface area contributed by atoms with Crippen LogP contribution in [0.5, 0.6) is 0 Å². The highest BCUT2D eigenvalue weighted by molar-refractivity contribution is 5.82. The second-order valence-electron chi connectivity index (χ2n) is 8.82. The lowest BCUT2D eigenvalue weighted by Crippen LogP contribution is -2.54. The Morgan fingerprint density at radius 1 is 1.09 bits per heavy atom. The number of nitrogens with two attached hydrogens (primary N) is 1. The first kappa shape index (κ1) is 27.0. The summed E-state index contributed by atoms with van der Waals surface area (Å²) in [6.07, 6.45) is 12.2. The zero-order valence-electron chi connectivity index (χ0n) is 20.6. The molecule has 4 N–H and O–H groups in total. The van der Waals surface area contributed by atoms with Gasteiger partial charge in [0.1, 0.15) is 12.3 Å².